The van der Waals surface area contributed by atoms with E-state index in [1.54, 1.807) is 0 Å². The second-order valence-electron chi connectivity index (χ2n) is 3.95. The summed E-state index contributed by atoms with van der Waals surface area (Å²) in [5, 5.41) is 0. The van der Waals surface area contributed by atoms with Crippen LogP contribution in [-0.4, -0.2) is 12.5 Å². The minimum atomic E-state index is -4.50. The summed E-state index contributed by atoms with van der Waals surface area (Å²) in [5.74, 6) is 0.171. The van der Waals surface area contributed by atoms with Crippen molar-refractivity contribution in [3.63, 3.8) is 0 Å². The van der Waals surface area contributed by atoms with Crippen LogP contribution in [0.15, 0.2) is 11.6 Å². The zero-order valence-electron chi connectivity index (χ0n) is 8.40. The number of hydrogen-bond donors (Lipinski definition) is 0. The number of halogens is 3. The molecule has 0 amide bonds. The molecule has 1 nitrogen and oxygen atoms in total. The first-order chi connectivity index (χ1) is 6.37. The van der Waals surface area contributed by atoms with Gasteiger partial charge >= 0.3 is 6.36 Å². The fourth-order valence-corrected chi connectivity index (χ4v) is 1.85. The largest absolute Gasteiger partial charge is 0.522 e. The summed E-state index contributed by atoms with van der Waals surface area (Å²) < 4.78 is 39.9. The van der Waals surface area contributed by atoms with Crippen LogP contribution in [0.5, 0.6) is 0 Å². The average Bonchev–Trinajstić information content (AvgIpc) is 2.08. The maximum absolute atomic E-state index is 12.0. The predicted molar refractivity (Wildman–Crippen MR) is 47.7 cm³/mol. The van der Waals surface area contributed by atoms with Gasteiger partial charge in [0, 0.05) is 0 Å². The fraction of sp³-hybridized carbons (Fsp3) is 0.800. The molecule has 1 rings (SSSR count). The van der Waals surface area contributed by atoms with Gasteiger partial charge in [-0.3, -0.25) is 4.74 Å². The lowest BCUT2D eigenvalue weighted by atomic mass is 10.0. The van der Waals surface area contributed by atoms with Crippen LogP contribution in [0.3, 0.4) is 0 Å². The molecule has 0 unspecified atom stereocenters. The van der Waals surface area contributed by atoms with Gasteiger partial charge in [-0.25, -0.2) is 0 Å². The van der Waals surface area contributed by atoms with E-state index < -0.39 is 12.5 Å². The van der Waals surface area contributed by atoms with Crippen LogP contribution in [0.2, 0.25) is 0 Å². The van der Waals surface area contributed by atoms with E-state index in [1.807, 2.05) is 19.9 Å². The van der Waals surface area contributed by atoms with Crippen LogP contribution in [0.1, 0.15) is 33.1 Å². The van der Waals surface area contributed by atoms with E-state index in [-0.39, 0.29) is 5.92 Å². The van der Waals surface area contributed by atoms with E-state index in [0.717, 1.165) is 5.57 Å². The molecule has 14 heavy (non-hydrogen) atoms. The molecule has 0 aliphatic heterocycles. The van der Waals surface area contributed by atoms with Gasteiger partial charge in [0.25, 0.3) is 0 Å². The first-order valence-electron chi connectivity index (χ1n) is 4.78. The Labute approximate surface area is 81.9 Å². The molecule has 0 aromatic heterocycles. The number of rotatable bonds is 1. The van der Waals surface area contributed by atoms with Gasteiger partial charge in [0.2, 0.25) is 0 Å². The van der Waals surface area contributed by atoms with Crippen molar-refractivity contribution in [2.24, 2.45) is 5.92 Å². The van der Waals surface area contributed by atoms with E-state index in [2.05, 4.69) is 4.74 Å². The third-order valence-electron chi connectivity index (χ3n) is 2.36. The van der Waals surface area contributed by atoms with Gasteiger partial charge in [-0.05, 0) is 32.1 Å². The van der Waals surface area contributed by atoms with E-state index in [0.29, 0.717) is 19.3 Å². The molecule has 0 spiro atoms. The molecule has 0 saturated carbocycles. The minimum absolute atomic E-state index is 0.171. The summed E-state index contributed by atoms with van der Waals surface area (Å²) in [6, 6.07) is 0. The van der Waals surface area contributed by atoms with Gasteiger partial charge in [0.05, 0.1) is 6.10 Å². The lowest BCUT2D eigenvalue weighted by Crippen LogP contribution is -2.24. The molecule has 1 aliphatic carbocycles. The standard InChI is InChI=1S/C10H15F3O/c1-7-3-4-9(6-8(2)5-7)14-10(11,12)13/h5,8-9H,3-4,6H2,1-2H3/t8-,9-/m0/s1. The Balaban J connectivity index is 2.51. The third kappa shape index (κ3) is 4.13. The Hall–Kier alpha value is -0.510. The first kappa shape index (κ1) is 11.6. The van der Waals surface area contributed by atoms with Crippen molar-refractivity contribution in [2.45, 2.75) is 45.6 Å². The van der Waals surface area contributed by atoms with Crippen LogP contribution in [-0.2, 0) is 4.74 Å². The maximum Gasteiger partial charge on any atom is 0.522 e. The van der Waals surface area contributed by atoms with Gasteiger partial charge in [-0.15, -0.1) is 13.2 Å². The topological polar surface area (TPSA) is 9.23 Å². The molecule has 0 N–H and O–H groups in total. The van der Waals surface area contributed by atoms with E-state index in [4.69, 9.17) is 0 Å². The zero-order valence-corrected chi connectivity index (χ0v) is 8.40. The molecule has 1 aliphatic rings. The summed E-state index contributed by atoms with van der Waals surface area (Å²) in [6.07, 6.45) is -1.53. The Morgan fingerprint density at radius 2 is 2.07 bits per heavy atom. The monoisotopic (exact) mass is 208 g/mol. The van der Waals surface area contributed by atoms with Crippen molar-refractivity contribution in [1.29, 1.82) is 0 Å². The van der Waals surface area contributed by atoms with Gasteiger partial charge in [0.15, 0.2) is 0 Å². The molecular weight excluding hydrogens is 193 g/mol. The van der Waals surface area contributed by atoms with Crippen molar-refractivity contribution >= 4 is 0 Å². The maximum atomic E-state index is 12.0. The van der Waals surface area contributed by atoms with Crippen molar-refractivity contribution in [3.05, 3.63) is 11.6 Å². The van der Waals surface area contributed by atoms with Crippen LogP contribution in [0.4, 0.5) is 13.2 Å². The lowest BCUT2D eigenvalue weighted by Gasteiger charge is -2.19. The van der Waals surface area contributed by atoms with Crippen LogP contribution in [0, 0.1) is 5.92 Å². The summed E-state index contributed by atoms with van der Waals surface area (Å²) in [4.78, 5) is 0. The molecule has 0 radical (unpaired) electrons. The highest BCUT2D eigenvalue weighted by Gasteiger charge is 2.34. The smallest absolute Gasteiger partial charge is 0.289 e. The third-order valence-corrected chi connectivity index (χ3v) is 2.36. The molecule has 0 heterocycles. The highest BCUT2D eigenvalue weighted by Crippen LogP contribution is 2.29. The van der Waals surface area contributed by atoms with Gasteiger partial charge < -0.3 is 0 Å². The Morgan fingerprint density at radius 1 is 1.43 bits per heavy atom. The summed E-state index contributed by atoms with van der Waals surface area (Å²) in [7, 11) is 0. The second kappa shape index (κ2) is 4.34. The molecule has 0 saturated heterocycles. The highest BCUT2D eigenvalue weighted by atomic mass is 19.4. The van der Waals surface area contributed by atoms with Gasteiger partial charge in [-0.2, -0.15) is 0 Å². The van der Waals surface area contributed by atoms with Gasteiger partial charge in [0.1, 0.15) is 0 Å². The zero-order chi connectivity index (χ0) is 10.8. The summed E-state index contributed by atoms with van der Waals surface area (Å²) in [5.41, 5.74) is 1.16. The Kier molecular flexibility index (Phi) is 3.59. The minimum Gasteiger partial charge on any atom is -0.289 e. The Bertz CT molecular complexity index is 220. The number of allylic oxidation sites excluding steroid dienone is 2. The normalized spacial score (nSPS) is 29.6. The Morgan fingerprint density at radius 3 is 2.64 bits per heavy atom. The molecule has 4 heteroatoms. The van der Waals surface area contributed by atoms with Crippen molar-refractivity contribution in [1.82, 2.24) is 0 Å². The molecule has 0 aromatic rings. The second-order valence-corrected chi connectivity index (χ2v) is 3.95. The SMILES string of the molecule is CC1=C[C@H](C)C[C@@H](OC(F)(F)F)CC1. The van der Waals surface area contributed by atoms with E-state index in [9.17, 15) is 13.2 Å². The number of ether oxygens (including phenoxy) is 1. The predicted octanol–water partition coefficient (Wildman–Crippen LogP) is 3.66. The van der Waals surface area contributed by atoms with E-state index in [1.165, 1.54) is 0 Å². The average molecular weight is 208 g/mol. The molecule has 0 aromatic carbocycles. The van der Waals surface area contributed by atoms with Crippen molar-refractivity contribution in [3.8, 4) is 0 Å². The fourth-order valence-electron chi connectivity index (χ4n) is 1.85. The number of alkyl halides is 3. The molecule has 82 valence electrons. The van der Waals surface area contributed by atoms with E-state index >= 15 is 0 Å². The van der Waals surface area contributed by atoms with Crippen LogP contribution < -0.4 is 0 Å². The van der Waals surface area contributed by atoms with Crippen molar-refractivity contribution in [2.75, 3.05) is 0 Å². The molecule has 2 atom stereocenters. The number of hydrogen-bond acceptors (Lipinski definition) is 1. The van der Waals surface area contributed by atoms with Crippen molar-refractivity contribution < 1.29 is 17.9 Å². The molecule has 0 fully saturated rings. The van der Waals surface area contributed by atoms with Crippen LogP contribution in [0.25, 0.3) is 0 Å². The quantitative estimate of drug-likeness (QED) is 0.597. The van der Waals surface area contributed by atoms with Gasteiger partial charge in [-0.1, -0.05) is 18.6 Å². The lowest BCUT2D eigenvalue weighted by molar-refractivity contribution is -0.344. The molecular formula is C10H15F3O. The summed E-state index contributed by atoms with van der Waals surface area (Å²) in [6.45, 7) is 3.87. The summed E-state index contributed by atoms with van der Waals surface area (Å²) >= 11 is 0. The highest BCUT2D eigenvalue weighted by molar-refractivity contribution is 5.03. The molecule has 0 bridgehead atoms. The van der Waals surface area contributed by atoms with Crippen LogP contribution >= 0.6 is 0 Å². The first-order valence-corrected chi connectivity index (χ1v) is 4.78.